The van der Waals surface area contributed by atoms with E-state index in [1.54, 1.807) is 0 Å². The quantitative estimate of drug-likeness (QED) is 0.822. The van der Waals surface area contributed by atoms with Crippen LogP contribution in [0.3, 0.4) is 0 Å². The Labute approximate surface area is 138 Å². The van der Waals surface area contributed by atoms with Crippen LogP contribution in [0.2, 0.25) is 0 Å². The molecule has 0 bridgehead atoms. The average Bonchev–Trinajstić information content (AvgIpc) is 2.86. The Kier molecular flexibility index (Phi) is 5.53. The van der Waals surface area contributed by atoms with Crippen LogP contribution in [0.5, 0.6) is 0 Å². The molecule has 1 aliphatic heterocycles. The van der Waals surface area contributed by atoms with Crippen LogP contribution in [0.25, 0.3) is 0 Å². The lowest BCUT2D eigenvalue weighted by Gasteiger charge is -2.25. The van der Waals surface area contributed by atoms with Gasteiger partial charge in [-0.2, -0.15) is 0 Å². The number of benzene rings is 1. The summed E-state index contributed by atoms with van der Waals surface area (Å²) in [6.07, 6.45) is -0.141. The van der Waals surface area contributed by atoms with Crippen LogP contribution in [-0.2, 0) is 26.0 Å². The van der Waals surface area contributed by atoms with Crippen molar-refractivity contribution in [1.29, 1.82) is 0 Å². The van der Waals surface area contributed by atoms with Gasteiger partial charge in [-0.1, -0.05) is 6.07 Å². The van der Waals surface area contributed by atoms with Crippen molar-refractivity contribution in [2.75, 3.05) is 18.1 Å². The van der Waals surface area contributed by atoms with Gasteiger partial charge in [-0.25, -0.2) is 17.2 Å². The van der Waals surface area contributed by atoms with Gasteiger partial charge in [0, 0.05) is 13.1 Å². The lowest BCUT2D eigenvalue weighted by Crippen LogP contribution is -2.37. The largest absolute Gasteiger partial charge is 0.481 e. The molecule has 1 fully saturated rings. The Morgan fingerprint density at radius 1 is 1.25 bits per heavy atom. The van der Waals surface area contributed by atoms with Gasteiger partial charge in [-0.3, -0.25) is 9.59 Å². The molecule has 2 rings (SSSR count). The molecule has 9 heteroatoms. The third-order valence-corrected chi connectivity index (χ3v) is 5.61. The summed E-state index contributed by atoms with van der Waals surface area (Å²) in [4.78, 5) is 24.4. The number of carbonyl (C=O) groups is 2. The normalized spacial score (nSPS) is 19.2. The molecule has 0 saturated carbocycles. The predicted molar refractivity (Wildman–Crippen MR) is 80.8 cm³/mol. The molecular formula is C15H17F2NO5S. The maximum absolute atomic E-state index is 13.3. The molecule has 6 nitrogen and oxygen atoms in total. The second-order valence-corrected chi connectivity index (χ2v) is 7.98. The number of hydrogen-bond acceptors (Lipinski definition) is 4. The van der Waals surface area contributed by atoms with E-state index in [0.29, 0.717) is 5.56 Å². The number of aliphatic carboxylic acids is 1. The summed E-state index contributed by atoms with van der Waals surface area (Å²) in [5, 5.41) is 8.80. The van der Waals surface area contributed by atoms with Crippen molar-refractivity contribution in [3.8, 4) is 0 Å². The van der Waals surface area contributed by atoms with Crippen molar-refractivity contribution < 1.29 is 31.9 Å². The molecule has 1 N–H and O–H groups in total. The molecule has 0 aromatic heterocycles. The van der Waals surface area contributed by atoms with E-state index < -0.39 is 39.3 Å². The summed E-state index contributed by atoms with van der Waals surface area (Å²) in [5.74, 6) is -4.77. The zero-order valence-electron chi connectivity index (χ0n) is 12.7. The zero-order valence-corrected chi connectivity index (χ0v) is 13.6. The van der Waals surface area contributed by atoms with E-state index in [4.69, 9.17) is 5.11 Å². The summed E-state index contributed by atoms with van der Waals surface area (Å²) in [5.41, 5.74) is 0.300. The van der Waals surface area contributed by atoms with Gasteiger partial charge in [-0.15, -0.1) is 0 Å². The van der Waals surface area contributed by atoms with Crippen molar-refractivity contribution in [2.24, 2.45) is 5.92 Å². The molecule has 24 heavy (non-hydrogen) atoms. The SMILES string of the molecule is O=C(O)CCN(Cc1ccc(F)c(F)c1)C(=O)C1CCS(=O)(=O)C1. The summed E-state index contributed by atoms with van der Waals surface area (Å²) < 4.78 is 49.3. The van der Waals surface area contributed by atoms with E-state index in [9.17, 15) is 26.8 Å². The Morgan fingerprint density at radius 2 is 1.96 bits per heavy atom. The highest BCUT2D eigenvalue weighted by Gasteiger charge is 2.35. The third-order valence-electron chi connectivity index (χ3n) is 3.85. The summed E-state index contributed by atoms with van der Waals surface area (Å²) in [6.45, 7) is -0.246. The van der Waals surface area contributed by atoms with E-state index in [0.717, 1.165) is 12.1 Å². The van der Waals surface area contributed by atoms with Crippen molar-refractivity contribution in [3.63, 3.8) is 0 Å². The Balaban J connectivity index is 2.15. The second kappa shape index (κ2) is 7.25. The smallest absolute Gasteiger partial charge is 0.305 e. The highest BCUT2D eigenvalue weighted by atomic mass is 32.2. The van der Waals surface area contributed by atoms with Gasteiger partial charge >= 0.3 is 5.97 Å². The van der Waals surface area contributed by atoms with Gasteiger partial charge in [0.2, 0.25) is 5.91 Å². The number of carboxylic acid groups (broad SMARTS) is 1. The molecular weight excluding hydrogens is 344 g/mol. The Bertz CT molecular complexity index is 750. The van der Waals surface area contributed by atoms with Gasteiger partial charge in [-0.05, 0) is 24.1 Å². The summed E-state index contributed by atoms with van der Waals surface area (Å²) in [7, 11) is -3.26. The number of carboxylic acids is 1. The van der Waals surface area contributed by atoms with E-state index >= 15 is 0 Å². The molecule has 0 radical (unpaired) electrons. The molecule has 1 amide bonds. The highest BCUT2D eigenvalue weighted by Crippen LogP contribution is 2.22. The van der Waals surface area contributed by atoms with E-state index in [1.165, 1.54) is 11.0 Å². The van der Waals surface area contributed by atoms with Crippen LogP contribution in [0.4, 0.5) is 8.78 Å². The summed E-state index contributed by atoms with van der Waals surface area (Å²) >= 11 is 0. The number of amides is 1. The first-order chi connectivity index (χ1) is 11.2. The summed E-state index contributed by atoms with van der Waals surface area (Å²) in [6, 6.07) is 3.15. The minimum Gasteiger partial charge on any atom is -0.481 e. The molecule has 1 heterocycles. The maximum Gasteiger partial charge on any atom is 0.305 e. The molecule has 0 spiro atoms. The average molecular weight is 361 g/mol. The zero-order chi connectivity index (χ0) is 17.9. The fourth-order valence-electron chi connectivity index (χ4n) is 2.60. The lowest BCUT2D eigenvalue weighted by molar-refractivity contribution is -0.139. The molecule has 1 unspecified atom stereocenters. The molecule has 1 aromatic carbocycles. The topological polar surface area (TPSA) is 91.8 Å². The Hall–Kier alpha value is -2.03. The number of hydrogen-bond donors (Lipinski definition) is 1. The monoisotopic (exact) mass is 361 g/mol. The van der Waals surface area contributed by atoms with Crippen LogP contribution >= 0.6 is 0 Å². The van der Waals surface area contributed by atoms with Crippen molar-refractivity contribution in [1.82, 2.24) is 4.90 Å². The van der Waals surface area contributed by atoms with E-state index in [-0.39, 0.29) is 37.4 Å². The number of carbonyl (C=O) groups excluding carboxylic acids is 1. The second-order valence-electron chi connectivity index (χ2n) is 5.75. The first kappa shape index (κ1) is 18.3. The fraction of sp³-hybridized carbons (Fsp3) is 0.467. The van der Waals surface area contributed by atoms with Crippen LogP contribution in [0.15, 0.2) is 18.2 Å². The lowest BCUT2D eigenvalue weighted by atomic mass is 10.1. The van der Waals surface area contributed by atoms with Crippen molar-refractivity contribution >= 4 is 21.7 Å². The minimum atomic E-state index is -3.26. The van der Waals surface area contributed by atoms with Gasteiger partial charge in [0.25, 0.3) is 0 Å². The first-order valence-electron chi connectivity index (χ1n) is 7.33. The highest BCUT2D eigenvalue weighted by molar-refractivity contribution is 7.91. The molecule has 1 atom stereocenters. The van der Waals surface area contributed by atoms with Crippen LogP contribution in [-0.4, -0.2) is 48.4 Å². The van der Waals surface area contributed by atoms with Gasteiger partial charge in [0.15, 0.2) is 21.5 Å². The molecule has 1 saturated heterocycles. The van der Waals surface area contributed by atoms with Gasteiger partial charge in [0.1, 0.15) is 0 Å². The fourth-order valence-corrected chi connectivity index (χ4v) is 4.34. The maximum atomic E-state index is 13.3. The first-order valence-corrected chi connectivity index (χ1v) is 9.15. The number of nitrogens with zero attached hydrogens (tertiary/aromatic N) is 1. The minimum absolute atomic E-state index is 0.0820. The van der Waals surface area contributed by atoms with Crippen LogP contribution in [0.1, 0.15) is 18.4 Å². The molecule has 132 valence electrons. The number of rotatable bonds is 6. The van der Waals surface area contributed by atoms with Crippen LogP contribution in [0, 0.1) is 17.6 Å². The number of sulfone groups is 1. The van der Waals surface area contributed by atoms with Gasteiger partial charge < -0.3 is 10.0 Å². The molecule has 1 aromatic rings. The van der Waals surface area contributed by atoms with Crippen LogP contribution < -0.4 is 0 Å². The Morgan fingerprint density at radius 3 is 2.50 bits per heavy atom. The van der Waals surface area contributed by atoms with Crippen molar-refractivity contribution in [2.45, 2.75) is 19.4 Å². The molecule has 0 aliphatic carbocycles. The van der Waals surface area contributed by atoms with E-state index in [1.807, 2.05) is 0 Å². The van der Waals surface area contributed by atoms with Crippen molar-refractivity contribution in [3.05, 3.63) is 35.4 Å². The van der Waals surface area contributed by atoms with E-state index in [2.05, 4.69) is 0 Å². The third kappa shape index (κ3) is 4.73. The number of halogens is 2. The van der Waals surface area contributed by atoms with Gasteiger partial charge in [0.05, 0.1) is 23.8 Å². The standard InChI is InChI=1S/C15H17F2NO5S/c16-12-2-1-10(7-13(12)17)8-18(5-3-14(19)20)15(21)11-4-6-24(22,23)9-11/h1-2,7,11H,3-6,8-9H2,(H,19,20). The molecule has 1 aliphatic rings. The predicted octanol–water partition coefficient (Wildman–Crippen LogP) is 1.20.